The van der Waals surface area contributed by atoms with E-state index in [1.807, 2.05) is 31.2 Å². The summed E-state index contributed by atoms with van der Waals surface area (Å²) in [7, 11) is 1.60. The second kappa shape index (κ2) is 6.08. The van der Waals surface area contributed by atoms with Crippen molar-refractivity contribution in [3.8, 4) is 39.7 Å². The Hall–Kier alpha value is -3.28. The fraction of sp³-hybridized carbons (Fsp3) is 0.111. The van der Waals surface area contributed by atoms with Crippen LogP contribution in [0.4, 0.5) is 0 Å². The predicted molar refractivity (Wildman–Crippen MR) is 89.9 cm³/mol. The smallest absolute Gasteiger partial charge is 0.178 e. The van der Waals surface area contributed by atoms with Gasteiger partial charge >= 0.3 is 0 Å². The van der Waals surface area contributed by atoms with Crippen molar-refractivity contribution >= 4 is 6.21 Å². The lowest BCUT2D eigenvalue weighted by Gasteiger charge is -2.08. The monoisotopic (exact) mass is 324 g/mol. The standard InChI is InChI=1S/C18H16N2O4/c1-10-17(11-3-5-13(23-2)6-4-11)18(24-20-10)14-7-12(9-19)15(21)8-16(14)22/h3-9,19,21-22H,1-2H3. The molecule has 0 aliphatic heterocycles. The molecule has 0 aliphatic carbocycles. The highest BCUT2D eigenvalue weighted by Gasteiger charge is 2.21. The highest BCUT2D eigenvalue weighted by atomic mass is 16.5. The zero-order valence-electron chi connectivity index (χ0n) is 13.2. The average Bonchev–Trinajstić information content (AvgIpc) is 2.96. The van der Waals surface area contributed by atoms with Gasteiger partial charge in [-0.15, -0.1) is 0 Å². The Morgan fingerprint density at radius 3 is 2.46 bits per heavy atom. The third-order valence-electron chi connectivity index (χ3n) is 3.79. The van der Waals surface area contributed by atoms with Gasteiger partial charge in [0.25, 0.3) is 0 Å². The van der Waals surface area contributed by atoms with E-state index >= 15 is 0 Å². The van der Waals surface area contributed by atoms with E-state index in [1.165, 1.54) is 12.1 Å². The fourth-order valence-corrected chi connectivity index (χ4v) is 2.54. The molecule has 0 spiro atoms. The van der Waals surface area contributed by atoms with Gasteiger partial charge in [-0.05, 0) is 30.7 Å². The summed E-state index contributed by atoms with van der Waals surface area (Å²) in [6.45, 7) is 1.81. The van der Waals surface area contributed by atoms with Crippen LogP contribution in [0.2, 0.25) is 0 Å². The molecule has 6 nitrogen and oxygen atoms in total. The molecule has 0 radical (unpaired) electrons. The number of nitrogens with one attached hydrogen (secondary N) is 1. The molecule has 3 N–H and O–H groups in total. The highest BCUT2D eigenvalue weighted by molar-refractivity contribution is 5.89. The first-order valence-electron chi connectivity index (χ1n) is 7.22. The van der Waals surface area contributed by atoms with Crippen LogP contribution >= 0.6 is 0 Å². The normalized spacial score (nSPS) is 10.6. The molecule has 3 rings (SSSR count). The number of aromatic hydroxyl groups is 2. The number of methoxy groups -OCH3 is 1. The van der Waals surface area contributed by atoms with Crippen LogP contribution in [0.1, 0.15) is 11.3 Å². The molecule has 0 unspecified atom stereocenters. The van der Waals surface area contributed by atoms with E-state index in [9.17, 15) is 10.2 Å². The lowest BCUT2D eigenvalue weighted by molar-refractivity contribution is 0.415. The second-order valence-corrected chi connectivity index (χ2v) is 5.27. The summed E-state index contributed by atoms with van der Waals surface area (Å²) in [4.78, 5) is 0. The van der Waals surface area contributed by atoms with Crippen LogP contribution in [0, 0.1) is 12.3 Å². The lowest BCUT2D eigenvalue weighted by atomic mass is 9.98. The van der Waals surface area contributed by atoms with Gasteiger partial charge in [-0.2, -0.15) is 0 Å². The molecule has 2 aromatic carbocycles. The van der Waals surface area contributed by atoms with Gasteiger partial charge in [0, 0.05) is 17.8 Å². The lowest BCUT2D eigenvalue weighted by Crippen LogP contribution is -1.88. The van der Waals surface area contributed by atoms with E-state index in [0.29, 0.717) is 17.0 Å². The maximum Gasteiger partial charge on any atom is 0.178 e. The molecule has 6 heteroatoms. The van der Waals surface area contributed by atoms with Crippen molar-refractivity contribution in [1.82, 2.24) is 5.16 Å². The fourth-order valence-electron chi connectivity index (χ4n) is 2.54. The SMILES string of the molecule is COc1ccc(-c2c(C)noc2-c2cc(C=N)c(O)cc2O)cc1. The second-order valence-electron chi connectivity index (χ2n) is 5.27. The van der Waals surface area contributed by atoms with Crippen molar-refractivity contribution in [2.45, 2.75) is 6.92 Å². The first kappa shape index (κ1) is 15.6. The maximum absolute atomic E-state index is 10.2. The Morgan fingerprint density at radius 2 is 1.83 bits per heavy atom. The number of ether oxygens (including phenoxy) is 1. The van der Waals surface area contributed by atoms with E-state index in [2.05, 4.69) is 5.16 Å². The van der Waals surface area contributed by atoms with E-state index in [-0.39, 0.29) is 17.1 Å². The van der Waals surface area contributed by atoms with Gasteiger partial charge in [0.2, 0.25) is 0 Å². The number of aromatic nitrogens is 1. The topological polar surface area (TPSA) is 99.6 Å². The molecule has 0 atom stereocenters. The largest absolute Gasteiger partial charge is 0.507 e. The molecule has 0 bridgehead atoms. The Morgan fingerprint density at radius 1 is 1.12 bits per heavy atom. The van der Waals surface area contributed by atoms with Crippen molar-refractivity contribution in [2.75, 3.05) is 7.11 Å². The summed E-state index contributed by atoms with van der Waals surface area (Å²) in [5.74, 6) is 0.781. The van der Waals surface area contributed by atoms with Gasteiger partial charge in [0.05, 0.1) is 23.9 Å². The highest BCUT2D eigenvalue weighted by Crippen LogP contribution is 2.41. The zero-order valence-corrected chi connectivity index (χ0v) is 13.2. The summed E-state index contributed by atoms with van der Waals surface area (Å²) in [6, 6.07) is 10.1. The number of benzene rings is 2. The van der Waals surface area contributed by atoms with Gasteiger partial charge in [0.1, 0.15) is 17.2 Å². The minimum atomic E-state index is -0.173. The summed E-state index contributed by atoms with van der Waals surface area (Å²) in [5.41, 5.74) is 2.89. The predicted octanol–water partition coefficient (Wildman–Crippen LogP) is 3.73. The van der Waals surface area contributed by atoms with E-state index in [4.69, 9.17) is 14.7 Å². The van der Waals surface area contributed by atoms with Crippen LogP contribution in [0.15, 0.2) is 40.9 Å². The van der Waals surface area contributed by atoms with E-state index < -0.39 is 0 Å². The van der Waals surface area contributed by atoms with Crippen LogP contribution in [0.3, 0.4) is 0 Å². The first-order chi connectivity index (χ1) is 11.5. The molecule has 0 saturated carbocycles. The van der Waals surface area contributed by atoms with Crippen molar-refractivity contribution < 1.29 is 19.5 Å². The van der Waals surface area contributed by atoms with Crippen LogP contribution in [-0.4, -0.2) is 28.7 Å². The zero-order chi connectivity index (χ0) is 17.3. The molecule has 0 amide bonds. The Bertz CT molecular complexity index is 898. The number of hydrogen-bond acceptors (Lipinski definition) is 6. The minimum absolute atomic E-state index is 0.149. The minimum Gasteiger partial charge on any atom is -0.507 e. The van der Waals surface area contributed by atoms with Crippen molar-refractivity contribution in [3.63, 3.8) is 0 Å². The number of nitrogens with zero attached hydrogens (tertiary/aromatic N) is 1. The molecular weight excluding hydrogens is 308 g/mol. The Balaban J connectivity index is 2.19. The van der Waals surface area contributed by atoms with Crippen molar-refractivity contribution in [3.05, 3.63) is 47.7 Å². The van der Waals surface area contributed by atoms with Gasteiger partial charge in [-0.1, -0.05) is 17.3 Å². The quantitative estimate of drug-likeness (QED) is 0.635. The Kier molecular flexibility index (Phi) is 3.95. The molecular formula is C18H16N2O4. The van der Waals surface area contributed by atoms with Gasteiger partial charge in [-0.3, -0.25) is 0 Å². The van der Waals surface area contributed by atoms with E-state index in [0.717, 1.165) is 23.1 Å². The first-order valence-corrected chi connectivity index (χ1v) is 7.22. The van der Waals surface area contributed by atoms with Gasteiger partial charge in [0.15, 0.2) is 5.76 Å². The average molecular weight is 324 g/mol. The molecule has 0 aliphatic rings. The van der Waals surface area contributed by atoms with Crippen LogP contribution < -0.4 is 4.74 Å². The van der Waals surface area contributed by atoms with Crippen LogP contribution in [0.25, 0.3) is 22.5 Å². The third kappa shape index (κ3) is 2.58. The van der Waals surface area contributed by atoms with Crippen molar-refractivity contribution in [1.29, 1.82) is 5.41 Å². The maximum atomic E-state index is 10.2. The molecule has 0 fully saturated rings. The van der Waals surface area contributed by atoms with Crippen LogP contribution in [0.5, 0.6) is 17.2 Å². The molecule has 122 valence electrons. The molecule has 3 aromatic rings. The van der Waals surface area contributed by atoms with E-state index in [1.54, 1.807) is 7.11 Å². The number of rotatable bonds is 4. The number of phenols is 2. The summed E-state index contributed by atoms with van der Waals surface area (Å²) >= 11 is 0. The Labute approximate surface area is 138 Å². The summed E-state index contributed by atoms with van der Waals surface area (Å²) in [6.07, 6.45) is 1.01. The number of hydrogen-bond donors (Lipinski definition) is 3. The molecule has 1 heterocycles. The van der Waals surface area contributed by atoms with Gasteiger partial charge in [-0.25, -0.2) is 0 Å². The van der Waals surface area contributed by atoms with Crippen molar-refractivity contribution in [2.24, 2.45) is 0 Å². The van der Waals surface area contributed by atoms with Gasteiger partial charge < -0.3 is 24.9 Å². The molecule has 1 aromatic heterocycles. The van der Waals surface area contributed by atoms with Crippen LogP contribution in [-0.2, 0) is 0 Å². The number of aryl methyl sites for hydroxylation is 1. The molecule has 0 saturated heterocycles. The summed E-state index contributed by atoms with van der Waals surface area (Å²) in [5, 5.41) is 31.3. The molecule has 24 heavy (non-hydrogen) atoms. The number of phenolic OH excluding ortho intramolecular Hbond substituents is 2. The third-order valence-corrected chi connectivity index (χ3v) is 3.79. The summed E-state index contributed by atoms with van der Waals surface area (Å²) < 4.78 is 10.6.